The fraction of sp³-hybridized carbons (Fsp3) is 0.261. The van der Waals surface area contributed by atoms with E-state index >= 15 is 0 Å². The molecule has 1 saturated heterocycles. The number of anilines is 1. The maximum atomic E-state index is 13.5. The number of nitrogens with zero attached hydrogens (tertiary/aromatic N) is 3. The van der Waals surface area contributed by atoms with E-state index in [-0.39, 0.29) is 11.5 Å². The Morgan fingerprint density at radius 2 is 1.87 bits per heavy atom. The molecule has 0 spiro atoms. The number of rotatable bonds is 2. The number of nitriles is 1. The highest BCUT2D eigenvalue weighted by Gasteiger charge is 2.27. The van der Waals surface area contributed by atoms with Gasteiger partial charge in [0.1, 0.15) is 23.7 Å². The summed E-state index contributed by atoms with van der Waals surface area (Å²) in [5.41, 5.74) is 2.75. The Morgan fingerprint density at radius 3 is 2.63 bits per heavy atom. The molecule has 0 radical (unpaired) electrons. The summed E-state index contributed by atoms with van der Waals surface area (Å²) in [7, 11) is 0. The van der Waals surface area contributed by atoms with Gasteiger partial charge in [-0.1, -0.05) is 12.1 Å². The van der Waals surface area contributed by atoms with Crippen LogP contribution < -0.4 is 9.88 Å². The van der Waals surface area contributed by atoms with E-state index in [1.54, 1.807) is 4.90 Å². The highest BCUT2D eigenvalue weighted by Crippen LogP contribution is 2.22. The minimum absolute atomic E-state index is 0.132. The third-order valence-electron chi connectivity index (χ3n) is 5.40. The third kappa shape index (κ3) is 3.81. The van der Waals surface area contributed by atoms with Gasteiger partial charge >= 0.3 is 0 Å². The number of amides is 1. The van der Waals surface area contributed by atoms with E-state index in [9.17, 15) is 18.8 Å². The average Bonchev–Trinajstić information content (AvgIpc) is 3.00. The van der Waals surface area contributed by atoms with Crippen LogP contribution in [0.3, 0.4) is 0 Å². The Bertz CT molecular complexity index is 1170. The van der Waals surface area contributed by atoms with Gasteiger partial charge in [-0.3, -0.25) is 9.69 Å². The number of hydrogen-bond acceptors (Lipinski definition) is 3. The van der Waals surface area contributed by atoms with Crippen molar-refractivity contribution < 1.29 is 18.6 Å². The molecule has 0 saturated carbocycles. The molecule has 0 atom stereocenters. The van der Waals surface area contributed by atoms with Crippen LogP contribution in [0.4, 0.5) is 14.6 Å². The number of nitrogens with one attached hydrogen (secondary N) is 1. The smallest absolute Gasteiger partial charge is 0.293 e. The molecule has 0 unspecified atom stereocenters. The van der Waals surface area contributed by atoms with Crippen molar-refractivity contribution in [1.29, 1.82) is 5.26 Å². The molecule has 1 aliphatic heterocycles. The van der Waals surface area contributed by atoms with Crippen molar-refractivity contribution >= 4 is 22.6 Å². The van der Waals surface area contributed by atoms with E-state index in [4.69, 9.17) is 0 Å². The van der Waals surface area contributed by atoms with Gasteiger partial charge in [-0.2, -0.15) is 5.26 Å². The van der Waals surface area contributed by atoms with Crippen LogP contribution in [0.1, 0.15) is 27.9 Å². The summed E-state index contributed by atoms with van der Waals surface area (Å²) in [6.45, 7) is 4.13. The highest BCUT2D eigenvalue weighted by atomic mass is 19.2. The number of fused-ring (bicyclic) bond motifs is 1. The molecular weight excluding hydrogens is 386 g/mol. The molecule has 1 N–H and O–H groups in total. The molecule has 2 heterocycles. The average molecular weight is 407 g/mol. The zero-order valence-electron chi connectivity index (χ0n) is 16.6. The van der Waals surface area contributed by atoms with Crippen LogP contribution in [-0.4, -0.2) is 37.0 Å². The molecule has 2 aromatic carbocycles. The lowest BCUT2D eigenvalue weighted by atomic mass is 10.1. The van der Waals surface area contributed by atoms with E-state index in [1.807, 2.05) is 31.2 Å². The maximum Gasteiger partial charge on any atom is 0.293 e. The van der Waals surface area contributed by atoms with Gasteiger partial charge in [0.15, 0.2) is 11.6 Å². The zero-order chi connectivity index (χ0) is 21.3. The lowest BCUT2D eigenvalue weighted by Crippen LogP contribution is -2.37. The van der Waals surface area contributed by atoms with E-state index in [0.717, 1.165) is 34.4 Å². The number of aryl methyl sites for hydroxylation is 1. The van der Waals surface area contributed by atoms with Crippen molar-refractivity contribution in [3.63, 3.8) is 0 Å². The number of H-pyrrole nitrogens is 1. The first-order chi connectivity index (χ1) is 14.5. The Hall–Kier alpha value is -3.53. The van der Waals surface area contributed by atoms with Gasteiger partial charge in [0, 0.05) is 23.9 Å². The molecule has 3 aromatic rings. The number of carbonyl (C=O) groups excluding carboxylic acids is 1. The topological polar surface area (TPSA) is 61.5 Å². The van der Waals surface area contributed by atoms with E-state index in [2.05, 4.69) is 16.0 Å². The first-order valence-corrected chi connectivity index (χ1v) is 9.82. The van der Waals surface area contributed by atoms with Crippen molar-refractivity contribution in [2.24, 2.45) is 0 Å². The van der Waals surface area contributed by atoms with Gasteiger partial charge in [-0.05, 0) is 42.8 Å². The molecule has 1 aromatic heterocycles. The third-order valence-corrected chi connectivity index (χ3v) is 5.40. The van der Waals surface area contributed by atoms with Crippen LogP contribution in [0.15, 0.2) is 42.5 Å². The molecule has 0 bridgehead atoms. The number of aromatic amines is 1. The van der Waals surface area contributed by atoms with E-state index in [0.29, 0.717) is 38.2 Å². The van der Waals surface area contributed by atoms with Crippen molar-refractivity contribution in [2.45, 2.75) is 13.3 Å². The van der Waals surface area contributed by atoms with Crippen LogP contribution in [0.2, 0.25) is 0 Å². The number of halogens is 2. The molecule has 4 rings (SSSR count). The number of pyridine rings is 1. The molecule has 1 aliphatic rings. The van der Waals surface area contributed by atoms with E-state index < -0.39 is 11.6 Å². The summed E-state index contributed by atoms with van der Waals surface area (Å²) in [5.74, 6) is -1.59. The zero-order valence-corrected chi connectivity index (χ0v) is 16.6. The second kappa shape index (κ2) is 8.07. The molecular formula is C23H21F2N4O+. The Kier molecular flexibility index (Phi) is 5.32. The second-order valence-electron chi connectivity index (χ2n) is 7.50. The Balaban J connectivity index is 1.57. The summed E-state index contributed by atoms with van der Waals surface area (Å²) < 4.78 is 26.7. The minimum atomic E-state index is -1.03. The molecule has 152 valence electrons. The predicted molar refractivity (Wildman–Crippen MR) is 109 cm³/mol. The van der Waals surface area contributed by atoms with Crippen molar-refractivity contribution in [1.82, 2.24) is 4.90 Å². The SMILES string of the molecule is Cc1ccc2cc(C#N)c(N3CCCN(C(=O)c4ccc(F)c(F)c4)CC3)[nH+]c2c1. The van der Waals surface area contributed by atoms with Gasteiger partial charge in [0.25, 0.3) is 11.7 Å². The standard InChI is InChI=1S/C23H20F2N4O/c1-15-3-4-16-12-18(14-26)22(27-21(16)11-15)28-7-2-8-29(10-9-28)23(30)17-5-6-19(24)20(25)13-17/h3-6,11-13H,2,7-10H2,1H3/p+1. The first kappa shape index (κ1) is 19.8. The van der Waals surface area contributed by atoms with Crippen molar-refractivity contribution in [3.8, 4) is 6.07 Å². The number of hydrogen-bond donors (Lipinski definition) is 0. The molecule has 7 heteroatoms. The fourth-order valence-electron chi connectivity index (χ4n) is 3.81. The quantitative estimate of drug-likeness (QED) is 0.654. The fourth-order valence-corrected chi connectivity index (χ4v) is 3.81. The van der Waals surface area contributed by atoms with Crippen LogP contribution in [0.25, 0.3) is 10.9 Å². The summed E-state index contributed by atoms with van der Waals surface area (Å²) in [6, 6.07) is 13.4. The van der Waals surface area contributed by atoms with E-state index in [1.165, 1.54) is 6.07 Å². The van der Waals surface area contributed by atoms with Crippen LogP contribution in [0, 0.1) is 29.9 Å². The molecule has 0 aliphatic carbocycles. The maximum absolute atomic E-state index is 13.5. The summed E-state index contributed by atoms with van der Waals surface area (Å²) in [5, 5.41) is 10.6. The monoisotopic (exact) mass is 407 g/mol. The summed E-state index contributed by atoms with van der Waals surface area (Å²) in [4.78, 5) is 19.8. The van der Waals surface area contributed by atoms with Crippen LogP contribution >= 0.6 is 0 Å². The second-order valence-corrected chi connectivity index (χ2v) is 7.50. The molecule has 5 nitrogen and oxygen atoms in total. The first-order valence-electron chi connectivity index (χ1n) is 9.82. The Labute approximate surface area is 173 Å². The minimum Gasteiger partial charge on any atom is -0.335 e. The van der Waals surface area contributed by atoms with Gasteiger partial charge in [-0.15, -0.1) is 0 Å². The highest BCUT2D eigenvalue weighted by molar-refractivity contribution is 5.94. The normalized spacial score (nSPS) is 14.5. The molecule has 30 heavy (non-hydrogen) atoms. The molecule has 1 fully saturated rings. The summed E-state index contributed by atoms with van der Waals surface area (Å²) in [6.07, 6.45) is 0.694. The van der Waals surface area contributed by atoms with Gasteiger partial charge in [-0.25, -0.2) is 13.8 Å². The lowest BCUT2D eigenvalue weighted by Gasteiger charge is -2.20. The van der Waals surface area contributed by atoms with Crippen molar-refractivity contribution in [2.75, 3.05) is 31.1 Å². The number of aromatic nitrogens is 1. The largest absolute Gasteiger partial charge is 0.335 e. The van der Waals surface area contributed by atoms with Crippen LogP contribution in [0.5, 0.6) is 0 Å². The predicted octanol–water partition coefficient (Wildman–Crippen LogP) is 3.46. The van der Waals surface area contributed by atoms with Crippen LogP contribution in [-0.2, 0) is 0 Å². The number of carbonyl (C=O) groups is 1. The lowest BCUT2D eigenvalue weighted by molar-refractivity contribution is -0.330. The van der Waals surface area contributed by atoms with Crippen molar-refractivity contribution in [3.05, 3.63) is 70.8 Å². The Morgan fingerprint density at radius 1 is 1.03 bits per heavy atom. The number of benzene rings is 2. The van der Waals surface area contributed by atoms with Gasteiger partial charge in [0.05, 0.1) is 13.1 Å². The summed E-state index contributed by atoms with van der Waals surface area (Å²) >= 11 is 0. The molecule has 1 amide bonds. The van der Waals surface area contributed by atoms with Gasteiger partial charge < -0.3 is 4.90 Å². The van der Waals surface area contributed by atoms with Gasteiger partial charge in [0.2, 0.25) is 0 Å².